The first kappa shape index (κ1) is 8.36. The van der Waals surface area contributed by atoms with Crippen molar-refractivity contribution in [1.29, 1.82) is 0 Å². The van der Waals surface area contributed by atoms with Gasteiger partial charge in [-0.15, -0.1) is 0 Å². The van der Waals surface area contributed by atoms with Crippen LogP contribution in [0.5, 0.6) is 0 Å². The second-order valence-corrected chi connectivity index (χ2v) is 4.03. The second kappa shape index (κ2) is 3.65. The molecule has 0 spiro atoms. The molecule has 68 valence electrons. The summed E-state index contributed by atoms with van der Waals surface area (Å²) in [6.07, 6.45) is 5.96. The second-order valence-electron chi connectivity index (χ2n) is 3.53. The normalized spacial score (nSPS) is 30.6. The molecule has 2 aliphatic rings. The van der Waals surface area contributed by atoms with Gasteiger partial charge in [-0.2, -0.15) is 0 Å². The molecule has 0 saturated carbocycles. The number of aliphatic imine (C=N–C) groups is 1. The molecule has 0 aliphatic carbocycles. The van der Waals surface area contributed by atoms with Crippen LogP contribution in [0.15, 0.2) is 4.99 Å². The van der Waals surface area contributed by atoms with Gasteiger partial charge in [0.05, 0.1) is 0 Å². The molecule has 2 rings (SSSR count). The first-order valence-electron chi connectivity index (χ1n) is 4.82. The third kappa shape index (κ3) is 1.58. The molecule has 2 heterocycles. The molecule has 1 unspecified atom stereocenters. The fourth-order valence-corrected chi connectivity index (χ4v) is 2.31. The Morgan fingerprint density at radius 3 is 3.17 bits per heavy atom. The van der Waals surface area contributed by atoms with Gasteiger partial charge in [0, 0.05) is 19.5 Å². The van der Waals surface area contributed by atoms with E-state index in [1.165, 1.54) is 25.1 Å². The van der Waals surface area contributed by atoms with Gasteiger partial charge in [-0.1, -0.05) is 11.6 Å². The average molecular weight is 187 g/mol. The van der Waals surface area contributed by atoms with Gasteiger partial charge in [0.1, 0.15) is 11.3 Å². The smallest absolute Gasteiger partial charge is 0.105 e. The van der Waals surface area contributed by atoms with E-state index < -0.39 is 0 Å². The monoisotopic (exact) mass is 186 g/mol. The minimum absolute atomic E-state index is 0.214. The fourth-order valence-electron chi connectivity index (χ4n) is 1.95. The third-order valence-corrected chi connectivity index (χ3v) is 3.07. The summed E-state index contributed by atoms with van der Waals surface area (Å²) >= 11 is 6.24. The molecule has 1 saturated heterocycles. The van der Waals surface area contributed by atoms with Gasteiger partial charge in [-0.05, 0) is 25.7 Å². The molecule has 0 aromatic carbocycles. The first-order valence-corrected chi connectivity index (χ1v) is 5.25. The fraction of sp³-hybridized carbons (Fsp3) is 0.889. The van der Waals surface area contributed by atoms with Crippen LogP contribution in [0.1, 0.15) is 32.1 Å². The largest absolute Gasteiger partial charge is 0.344 e. The van der Waals surface area contributed by atoms with E-state index in [4.69, 9.17) is 11.6 Å². The van der Waals surface area contributed by atoms with Crippen LogP contribution in [-0.4, -0.2) is 29.3 Å². The summed E-state index contributed by atoms with van der Waals surface area (Å²) in [6.45, 7) is 2.13. The Labute approximate surface area is 78.6 Å². The lowest BCUT2D eigenvalue weighted by Gasteiger charge is -2.31. The Kier molecular flexibility index (Phi) is 2.54. The van der Waals surface area contributed by atoms with Crippen LogP contribution in [0.4, 0.5) is 0 Å². The van der Waals surface area contributed by atoms with E-state index >= 15 is 0 Å². The number of rotatable bonds is 0. The summed E-state index contributed by atoms with van der Waals surface area (Å²) in [5.74, 6) is 1.26. The lowest BCUT2D eigenvalue weighted by atomic mass is 10.2. The molecule has 0 radical (unpaired) electrons. The van der Waals surface area contributed by atoms with Gasteiger partial charge >= 0.3 is 0 Å². The van der Waals surface area contributed by atoms with Gasteiger partial charge in [0.2, 0.25) is 0 Å². The number of fused-ring (bicyclic) bond motifs is 1. The maximum absolute atomic E-state index is 6.24. The quantitative estimate of drug-likeness (QED) is 0.419. The summed E-state index contributed by atoms with van der Waals surface area (Å²) in [6, 6.07) is 0. The van der Waals surface area contributed by atoms with Crippen molar-refractivity contribution in [2.45, 2.75) is 37.6 Å². The van der Waals surface area contributed by atoms with Crippen molar-refractivity contribution in [1.82, 2.24) is 4.90 Å². The summed E-state index contributed by atoms with van der Waals surface area (Å²) in [5, 5.41) is 0. The van der Waals surface area contributed by atoms with Crippen LogP contribution < -0.4 is 0 Å². The zero-order valence-electron chi connectivity index (χ0n) is 7.30. The molecule has 2 aliphatic heterocycles. The zero-order valence-corrected chi connectivity index (χ0v) is 8.06. The molecular weight excluding hydrogens is 172 g/mol. The number of amidine groups is 1. The van der Waals surface area contributed by atoms with Gasteiger partial charge in [-0.3, -0.25) is 4.99 Å². The number of hydrogen-bond acceptors (Lipinski definition) is 2. The Morgan fingerprint density at radius 2 is 2.25 bits per heavy atom. The van der Waals surface area contributed by atoms with Crippen LogP contribution >= 0.6 is 11.6 Å². The van der Waals surface area contributed by atoms with Crippen LogP contribution in [0.25, 0.3) is 0 Å². The predicted octanol–water partition coefficient (Wildman–Crippen LogP) is 2.23. The highest BCUT2D eigenvalue weighted by Crippen LogP contribution is 2.23. The van der Waals surface area contributed by atoms with Crippen molar-refractivity contribution in [3.63, 3.8) is 0 Å². The Bertz CT molecular complexity index is 191. The maximum atomic E-state index is 6.24. The van der Waals surface area contributed by atoms with Gasteiger partial charge in [0.15, 0.2) is 0 Å². The lowest BCUT2D eigenvalue weighted by Crippen LogP contribution is -2.39. The number of halogens is 1. The van der Waals surface area contributed by atoms with Crippen LogP contribution in [0, 0.1) is 0 Å². The van der Waals surface area contributed by atoms with Crippen LogP contribution in [0.2, 0.25) is 0 Å². The van der Waals surface area contributed by atoms with Crippen molar-refractivity contribution in [3.8, 4) is 0 Å². The zero-order chi connectivity index (χ0) is 8.39. The first-order chi connectivity index (χ1) is 5.88. The van der Waals surface area contributed by atoms with Gasteiger partial charge in [-0.25, -0.2) is 0 Å². The molecule has 1 atom stereocenters. The lowest BCUT2D eigenvalue weighted by molar-refractivity contribution is 0.358. The number of nitrogens with zero attached hydrogens (tertiary/aromatic N) is 2. The Morgan fingerprint density at radius 1 is 1.33 bits per heavy atom. The molecule has 3 heteroatoms. The molecule has 0 bridgehead atoms. The van der Waals surface area contributed by atoms with Crippen molar-refractivity contribution < 1.29 is 0 Å². The molecule has 1 fully saturated rings. The SMILES string of the molecule is ClC1CCCCC2=NCCCN21. The number of hydrogen-bond donors (Lipinski definition) is 0. The van der Waals surface area contributed by atoms with E-state index in [1.54, 1.807) is 0 Å². The van der Waals surface area contributed by atoms with E-state index in [-0.39, 0.29) is 5.50 Å². The molecule has 0 N–H and O–H groups in total. The highest BCUT2D eigenvalue weighted by Gasteiger charge is 2.24. The van der Waals surface area contributed by atoms with Crippen LogP contribution in [-0.2, 0) is 0 Å². The standard InChI is InChI=1S/C9H15ClN2/c10-8-4-1-2-5-9-11-6-3-7-12(8)9/h8H,1-7H2. The van der Waals surface area contributed by atoms with Gasteiger partial charge < -0.3 is 4.90 Å². The minimum Gasteiger partial charge on any atom is -0.344 e. The van der Waals surface area contributed by atoms with E-state index in [0.717, 1.165) is 25.9 Å². The summed E-state index contributed by atoms with van der Waals surface area (Å²) in [4.78, 5) is 6.81. The van der Waals surface area contributed by atoms with E-state index in [2.05, 4.69) is 9.89 Å². The molecule has 12 heavy (non-hydrogen) atoms. The van der Waals surface area contributed by atoms with E-state index in [0.29, 0.717) is 0 Å². The van der Waals surface area contributed by atoms with E-state index in [1.807, 2.05) is 0 Å². The topological polar surface area (TPSA) is 15.6 Å². The molecule has 0 amide bonds. The van der Waals surface area contributed by atoms with Crippen molar-refractivity contribution in [2.75, 3.05) is 13.1 Å². The van der Waals surface area contributed by atoms with Gasteiger partial charge in [0.25, 0.3) is 0 Å². The molecule has 0 aromatic rings. The molecule has 0 aromatic heterocycles. The molecular formula is C9H15ClN2. The molecule has 2 nitrogen and oxygen atoms in total. The Hall–Kier alpha value is -0.240. The maximum Gasteiger partial charge on any atom is 0.105 e. The Balaban J connectivity index is 2.14. The highest BCUT2D eigenvalue weighted by atomic mass is 35.5. The third-order valence-electron chi connectivity index (χ3n) is 2.61. The summed E-state index contributed by atoms with van der Waals surface area (Å²) < 4.78 is 0. The minimum atomic E-state index is 0.214. The predicted molar refractivity (Wildman–Crippen MR) is 51.7 cm³/mol. The average Bonchev–Trinajstić information content (AvgIpc) is 2.29. The number of alkyl halides is 1. The highest BCUT2D eigenvalue weighted by molar-refractivity contribution is 6.21. The van der Waals surface area contributed by atoms with Crippen molar-refractivity contribution in [2.24, 2.45) is 4.99 Å². The summed E-state index contributed by atoms with van der Waals surface area (Å²) in [7, 11) is 0. The van der Waals surface area contributed by atoms with Crippen LogP contribution in [0.3, 0.4) is 0 Å². The van der Waals surface area contributed by atoms with Crippen molar-refractivity contribution in [3.05, 3.63) is 0 Å². The van der Waals surface area contributed by atoms with Crippen molar-refractivity contribution >= 4 is 17.4 Å². The van der Waals surface area contributed by atoms with E-state index in [9.17, 15) is 0 Å². The summed E-state index contributed by atoms with van der Waals surface area (Å²) in [5.41, 5.74) is 0.214.